The van der Waals surface area contributed by atoms with E-state index in [9.17, 15) is 4.79 Å². The lowest BCUT2D eigenvalue weighted by atomic mass is 10.1. The quantitative estimate of drug-likeness (QED) is 0.771. The van der Waals surface area contributed by atoms with Crippen molar-refractivity contribution >= 4 is 22.9 Å². The van der Waals surface area contributed by atoms with Gasteiger partial charge in [-0.15, -0.1) is 0 Å². The predicted molar refractivity (Wildman–Crippen MR) is 90.5 cm³/mol. The zero-order chi connectivity index (χ0) is 16.7. The highest BCUT2D eigenvalue weighted by Crippen LogP contribution is 2.22. The Hall–Kier alpha value is -2.58. The van der Waals surface area contributed by atoms with Crippen LogP contribution in [-0.2, 0) is 11.3 Å². The summed E-state index contributed by atoms with van der Waals surface area (Å²) in [6.45, 7) is 2.47. The van der Waals surface area contributed by atoms with Crippen molar-refractivity contribution in [2.24, 2.45) is 0 Å². The summed E-state index contributed by atoms with van der Waals surface area (Å²) in [5.74, 6) is -0.222. The summed E-state index contributed by atoms with van der Waals surface area (Å²) in [6, 6.07) is 9.84. The Labute approximate surface area is 135 Å². The first-order valence-corrected chi connectivity index (χ1v) is 7.73. The fourth-order valence-corrected chi connectivity index (χ4v) is 2.46. The van der Waals surface area contributed by atoms with E-state index in [2.05, 4.69) is 11.4 Å². The van der Waals surface area contributed by atoms with Crippen molar-refractivity contribution in [3.8, 4) is 6.07 Å². The standard InChI is InChI=1S/C18H21N3O2/c1-2-15(13-22)20-18(23)9-8-14-12-21(11-5-10-19)17-7-4-3-6-16(14)17/h3-4,6-9,12,15,22H,2,5,11,13H2,1H3,(H,20,23)/b9-8+. The van der Waals surface area contributed by atoms with E-state index in [1.54, 1.807) is 6.08 Å². The Bertz CT molecular complexity index is 736. The Morgan fingerprint density at radius 3 is 2.96 bits per heavy atom. The van der Waals surface area contributed by atoms with Crippen LogP contribution in [0.1, 0.15) is 25.3 Å². The van der Waals surface area contributed by atoms with Gasteiger partial charge in [0.15, 0.2) is 0 Å². The topological polar surface area (TPSA) is 78.0 Å². The molecule has 2 aromatic rings. The maximum atomic E-state index is 11.9. The summed E-state index contributed by atoms with van der Waals surface area (Å²) in [7, 11) is 0. The van der Waals surface area contributed by atoms with Crippen LogP contribution in [0.3, 0.4) is 0 Å². The molecular formula is C18H21N3O2. The van der Waals surface area contributed by atoms with E-state index in [0.29, 0.717) is 19.4 Å². The molecule has 5 nitrogen and oxygen atoms in total. The van der Waals surface area contributed by atoms with Crippen molar-refractivity contribution in [2.75, 3.05) is 6.61 Å². The molecule has 1 aromatic heterocycles. The van der Waals surface area contributed by atoms with Gasteiger partial charge in [-0.2, -0.15) is 5.26 Å². The van der Waals surface area contributed by atoms with E-state index < -0.39 is 0 Å². The maximum absolute atomic E-state index is 11.9. The smallest absolute Gasteiger partial charge is 0.244 e. The van der Waals surface area contributed by atoms with Crippen molar-refractivity contribution in [3.63, 3.8) is 0 Å². The lowest BCUT2D eigenvalue weighted by Gasteiger charge is -2.11. The molecule has 0 saturated carbocycles. The first-order valence-electron chi connectivity index (χ1n) is 7.73. The number of fused-ring (bicyclic) bond motifs is 1. The van der Waals surface area contributed by atoms with Crippen molar-refractivity contribution in [1.82, 2.24) is 9.88 Å². The largest absolute Gasteiger partial charge is 0.394 e. The highest BCUT2D eigenvalue weighted by atomic mass is 16.3. The number of carbonyl (C=O) groups is 1. The predicted octanol–water partition coefficient (Wildman–Crippen LogP) is 2.46. The molecule has 23 heavy (non-hydrogen) atoms. The molecule has 1 unspecified atom stereocenters. The average Bonchev–Trinajstić information content (AvgIpc) is 2.94. The van der Waals surface area contributed by atoms with E-state index in [0.717, 1.165) is 16.5 Å². The second kappa shape index (κ2) is 8.16. The lowest BCUT2D eigenvalue weighted by Crippen LogP contribution is -2.35. The van der Waals surface area contributed by atoms with E-state index in [-0.39, 0.29) is 18.6 Å². The van der Waals surface area contributed by atoms with Gasteiger partial charge in [0.25, 0.3) is 0 Å². The third kappa shape index (κ3) is 4.21. The highest BCUT2D eigenvalue weighted by Gasteiger charge is 2.08. The van der Waals surface area contributed by atoms with Gasteiger partial charge in [-0.05, 0) is 18.6 Å². The second-order valence-electron chi connectivity index (χ2n) is 5.33. The molecule has 0 fully saturated rings. The van der Waals surface area contributed by atoms with Gasteiger partial charge in [0.1, 0.15) is 0 Å². The fourth-order valence-electron chi connectivity index (χ4n) is 2.46. The van der Waals surface area contributed by atoms with E-state index in [1.165, 1.54) is 6.08 Å². The number of para-hydroxylation sites is 1. The van der Waals surface area contributed by atoms with Crippen LogP contribution in [-0.4, -0.2) is 28.2 Å². The van der Waals surface area contributed by atoms with Crippen LogP contribution in [0.4, 0.5) is 0 Å². The third-order valence-electron chi connectivity index (χ3n) is 3.76. The molecule has 0 saturated heterocycles. The Morgan fingerprint density at radius 1 is 1.48 bits per heavy atom. The van der Waals surface area contributed by atoms with Gasteiger partial charge in [-0.1, -0.05) is 25.1 Å². The normalized spacial score (nSPS) is 12.4. The minimum absolute atomic E-state index is 0.0659. The van der Waals surface area contributed by atoms with Crippen LogP contribution in [0.5, 0.6) is 0 Å². The number of amides is 1. The fraction of sp³-hybridized carbons (Fsp3) is 0.333. The molecule has 0 bridgehead atoms. The number of carbonyl (C=O) groups excluding carboxylic acids is 1. The third-order valence-corrected chi connectivity index (χ3v) is 3.76. The van der Waals surface area contributed by atoms with Crippen LogP contribution < -0.4 is 5.32 Å². The first-order chi connectivity index (χ1) is 11.2. The van der Waals surface area contributed by atoms with Crippen LogP contribution in [0.15, 0.2) is 36.5 Å². The molecule has 0 aliphatic heterocycles. The molecule has 1 heterocycles. The molecule has 0 aliphatic carbocycles. The Morgan fingerprint density at radius 2 is 2.26 bits per heavy atom. The molecule has 5 heteroatoms. The molecule has 0 spiro atoms. The molecule has 120 valence electrons. The van der Waals surface area contributed by atoms with Gasteiger partial charge in [0.05, 0.1) is 25.1 Å². The molecule has 2 N–H and O–H groups in total. The molecular weight excluding hydrogens is 290 g/mol. The average molecular weight is 311 g/mol. The summed E-state index contributed by atoms with van der Waals surface area (Å²) < 4.78 is 2.03. The number of hydrogen-bond acceptors (Lipinski definition) is 3. The van der Waals surface area contributed by atoms with E-state index >= 15 is 0 Å². The number of aryl methyl sites for hydroxylation is 1. The van der Waals surface area contributed by atoms with Gasteiger partial charge >= 0.3 is 0 Å². The number of aliphatic hydroxyl groups is 1. The number of aliphatic hydroxyl groups excluding tert-OH is 1. The van der Waals surface area contributed by atoms with Gasteiger partial charge in [-0.3, -0.25) is 4.79 Å². The molecule has 2 rings (SSSR count). The molecule has 1 aromatic carbocycles. The van der Waals surface area contributed by atoms with Crippen LogP contribution in [0, 0.1) is 11.3 Å². The number of benzene rings is 1. The number of nitrogens with zero attached hydrogens (tertiary/aromatic N) is 2. The van der Waals surface area contributed by atoms with Crippen molar-refractivity contribution in [3.05, 3.63) is 42.1 Å². The van der Waals surface area contributed by atoms with E-state index in [4.69, 9.17) is 10.4 Å². The van der Waals surface area contributed by atoms with Crippen molar-refractivity contribution in [2.45, 2.75) is 32.4 Å². The number of hydrogen-bond donors (Lipinski definition) is 2. The number of rotatable bonds is 7. The summed E-state index contributed by atoms with van der Waals surface area (Å²) >= 11 is 0. The van der Waals surface area contributed by atoms with Gasteiger partial charge < -0.3 is 15.0 Å². The van der Waals surface area contributed by atoms with Crippen LogP contribution in [0.25, 0.3) is 17.0 Å². The molecule has 0 radical (unpaired) electrons. The van der Waals surface area contributed by atoms with Gasteiger partial charge in [0.2, 0.25) is 5.91 Å². The minimum Gasteiger partial charge on any atom is -0.394 e. The summed E-state index contributed by atoms with van der Waals surface area (Å²) in [4.78, 5) is 11.9. The number of nitrogens with one attached hydrogen (secondary N) is 1. The Kier molecular flexibility index (Phi) is 5.95. The molecule has 0 aliphatic rings. The summed E-state index contributed by atoms with van der Waals surface area (Å²) in [5.41, 5.74) is 1.98. The zero-order valence-corrected chi connectivity index (χ0v) is 13.2. The molecule has 1 amide bonds. The van der Waals surface area contributed by atoms with Gasteiger partial charge in [0, 0.05) is 35.3 Å². The monoisotopic (exact) mass is 311 g/mol. The second-order valence-corrected chi connectivity index (χ2v) is 5.33. The number of aromatic nitrogens is 1. The zero-order valence-electron chi connectivity index (χ0n) is 13.2. The maximum Gasteiger partial charge on any atom is 0.244 e. The Balaban J connectivity index is 2.21. The van der Waals surface area contributed by atoms with Crippen molar-refractivity contribution in [1.29, 1.82) is 5.26 Å². The SMILES string of the molecule is CCC(CO)NC(=O)/C=C/c1cn(CCC#N)c2ccccc12. The van der Waals surface area contributed by atoms with Crippen LogP contribution >= 0.6 is 0 Å². The first kappa shape index (κ1) is 16.8. The summed E-state index contributed by atoms with van der Waals surface area (Å²) in [5, 5.41) is 21.7. The summed E-state index contributed by atoms with van der Waals surface area (Å²) in [6.07, 6.45) is 6.33. The van der Waals surface area contributed by atoms with E-state index in [1.807, 2.05) is 42.0 Å². The van der Waals surface area contributed by atoms with Crippen LogP contribution in [0.2, 0.25) is 0 Å². The minimum atomic E-state index is -0.222. The van der Waals surface area contributed by atoms with Crippen molar-refractivity contribution < 1.29 is 9.90 Å². The molecule has 1 atom stereocenters. The number of nitriles is 1. The van der Waals surface area contributed by atoms with Gasteiger partial charge in [-0.25, -0.2) is 0 Å². The lowest BCUT2D eigenvalue weighted by molar-refractivity contribution is -0.117. The highest BCUT2D eigenvalue weighted by molar-refractivity contribution is 5.96.